The number of hydrogen-bond donors (Lipinski definition) is 0. The first-order chi connectivity index (χ1) is 10.6. The van der Waals surface area contributed by atoms with Crippen LogP contribution in [0.5, 0.6) is 0 Å². The highest BCUT2D eigenvalue weighted by Crippen LogP contribution is 2.67. The largest absolute Gasteiger partial charge is 0.0651 e. The van der Waals surface area contributed by atoms with Gasteiger partial charge in [0.05, 0.1) is 0 Å². The van der Waals surface area contributed by atoms with Gasteiger partial charge in [0.1, 0.15) is 0 Å². The summed E-state index contributed by atoms with van der Waals surface area (Å²) < 4.78 is 0. The van der Waals surface area contributed by atoms with Gasteiger partial charge in [-0.15, -0.1) is 0 Å². The van der Waals surface area contributed by atoms with E-state index in [1.54, 1.807) is 0 Å². The molecule has 0 heteroatoms. The van der Waals surface area contributed by atoms with Crippen molar-refractivity contribution >= 4 is 0 Å². The summed E-state index contributed by atoms with van der Waals surface area (Å²) in [4.78, 5) is 0. The van der Waals surface area contributed by atoms with Crippen molar-refractivity contribution in [3.63, 3.8) is 0 Å². The van der Waals surface area contributed by atoms with Gasteiger partial charge in [-0.3, -0.25) is 0 Å². The average Bonchev–Trinajstić information content (AvgIpc) is 2.81. The lowest BCUT2D eigenvalue weighted by molar-refractivity contribution is -0.114. The van der Waals surface area contributed by atoms with E-state index in [4.69, 9.17) is 0 Å². The minimum Gasteiger partial charge on any atom is -0.0651 e. The smallest absolute Gasteiger partial charge is 0.0233 e. The summed E-state index contributed by atoms with van der Waals surface area (Å²) >= 11 is 0. The van der Waals surface area contributed by atoms with Crippen LogP contribution in [0.15, 0.2) is 0 Å². The van der Waals surface area contributed by atoms with Crippen LogP contribution in [0.3, 0.4) is 0 Å². The highest BCUT2D eigenvalue weighted by atomic mass is 14.6. The van der Waals surface area contributed by atoms with E-state index >= 15 is 0 Å². The van der Waals surface area contributed by atoms with E-state index < -0.39 is 0 Å². The van der Waals surface area contributed by atoms with Crippen LogP contribution < -0.4 is 0 Å². The summed E-state index contributed by atoms with van der Waals surface area (Å²) in [6.45, 7) is 22.6. The second-order valence-electron chi connectivity index (χ2n) is 10.6. The summed E-state index contributed by atoms with van der Waals surface area (Å²) in [6.07, 6.45) is 7.26. The lowest BCUT2D eigenvalue weighted by Crippen LogP contribution is -2.53. The van der Waals surface area contributed by atoms with Gasteiger partial charge in [-0.05, 0) is 77.9 Å². The summed E-state index contributed by atoms with van der Waals surface area (Å²) in [7, 11) is 0. The average molecular weight is 321 g/mol. The van der Waals surface area contributed by atoms with Crippen molar-refractivity contribution in [1.29, 1.82) is 0 Å². The molecule has 0 aromatic rings. The van der Waals surface area contributed by atoms with Crippen LogP contribution in [0.1, 0.15) is 94.4 Å². The van der Waals surface area contributed by atoms with Crippen LogP contribution in [-0.4, -0.2) is 0 Å². The van der Waals surface area contributed by atoms with Crippen LogP contribution in [0, 0.1) is 52.3 Å². The third kappa shape index (κ3) is 3.13. The molecule has 7 unspecified atom stereocenters. The van der Waals surface area contributed by atoms with Gasteiger partial charge in [-0.2, -0.15) is 0 Å². The van der Waals surface area contributed by atoms with Gasteiger partial charge in [-0.1, -0.05) is 68.7 Å². The topological polar surface area (TPSA) is 0 Å². The number of rotatable bonds is 6. The lowest BCUT2D eigenvalue weighted by Gasteiger charge is -2.60. The molecule has 0 saturated heterocycles. The van der Waals surface area contributed by atoms with Crippen molar-refractivity contribution in [1.82, 2.24) is 0 Å². The van der Waals surface area contributed by atoms with Crippen molar-refractivity contribution in [2.75, 3.05) is 0 Å². The van der Waals surface area contributed by atoms with Crippen LogP contribution >= 0.6 is 0 Å². The zero-order valence-electron chi connectivity index (χ0n) is 17.6. The van der Waals surface area contributed by atoms with E-state index in [-0.39, 0.29) is 0 Å². The first-order valence-electron chi connectivity index (χ1n) is 10.6. The Bertz CT molecular complexity index is 393. The predicted molar refractivity (Wildman–Crippen MR) is 103 cm³/mol. The maximum Gasteiger partial charge on any atom is -0.0233 e. The molecule has 0 nitrogen and oxygen atoms in total. The van der Waals surface area contributed by atoms with Crippen molar-refractivity contribution in [3.8, 4) is 0 Å². The zero-order valence-corrected chi connectivity index (χ0v) is 17.6. The third-order valence-corrected chi connectivity index (χ3v) is 8.94. The summed E-state index contributed by atoms with van der Waals surface area (Å²) in [5, 5.41) is 0. The number of hydrogen-bond acceptors (Lipinski definition) is 0. The maximum atomic E-state index is 2.59. The molecule has 2 rings (SSSR count). The van der Waals surface area contributed by atoms with E-state index in [1.165, 1.54) is 32.1 Å². The highest BCUT2D eigenvalue weighted by molar-refractivity contribution is 5.08. The van der Waals surface area contributed by atoms with Crippen molar-refractivity contribution < 1.29 is 0 Å². The van der Waals surface area contributed by atoms with E-state index in [0.717, 1.165) is 41.4 Å². The molecule has 0 heterocycles. The fourth-order valence-electron chi connectivity index (χ4n) is 6.42. The molecule has 0 spiro atoms. The molecule has 2 fully saturated rings. The van der Waals surface area contributed by atoms with Crippen LogP contribution in [0.25, 0.3) is 0 Å². The SMILES string of the molecule is CCC(C)CC1(C(C)C(C)C)CCC(C)C1C1CC(C)C1(C)C. The Kier molecular flexibility index (Phi) is 5.65. The molecular formula is C23H44. The molecule has 0 aromatic heterocycles. The normalized spacial score (nSPS) is 42.5. The summed E-state index contributed by atoms with van der Waals surface area (Å²) in [6, 6.07) is 0. The zero-order chi connectivity index (χ0) is 17.6. The quantitative estimate of drug-likeness (QED) is 0.477. The molecule has 0 amide bonds. The Morgan fingerprint density at radius 1 is 1.04 bits per heavy atom. The molecule has 2 saturated carbocycles. The van der Waals surface area contributed by atoms with E-state index in [1.807, 2.05) is 0 Å². The molecule has 136 valence electrons. The molecule has 2 aliphatic rings. The van der Waals surface area contributed by atoms with Crippen molar-refractivity contribution in [3.05, 3.63) is 0 Å². The molecule has 23 heavy (non-hydrogen) atoms. The van der Waals surface area contributed by atoms with E-state index in [0.29, 0.717) is 10.8 Å². The first kappa shape index (κ1) is 19.3. The van der Waals surface area contributed by atoms with E-state index in [9.17, 15) is 0 Å². The monoisotopic (exact) mass is 320 g/mol. The second-order valence-corrected chi connectivity index (χ2v) is 10.6. The summed E-state index contributed by atoms with van der Waals surface area (Å²) in [5.41, 5.74) is 1.16. The Hall–Kier alpha value is 0. The second kappa shape index (κ2) is 6.72. The lowest BCUT2D eigenvalue weighted by atomic mass is 9.45. The third-order valence-electron chi connectivity index (χ3n) is 8.94. The first-order valence-corrected chi connectivity index (χ1v) is 10.6. The molecule has 0 aromatic carbocycles. The van der Waals surface area contributed by atoms with Gasteiger partial charge in [-0.25, -0.2) is 0 Å². The standard InChI is InChI=1S/C23H44/c1-10-16(4)14-23(19(7)15(2)3)12-11-17(5)21(23)20-13-18(6)22(20,8)9/h15-21H,10-14H2,1-9H3. The Balaban J connectivity index is 2.38. The predicted octanol–water partition coefficient (Wildman–Crippen LogP) is 7.43. The van der Waals surface area contributed by atoms with Gasteiger partial charge in [0.2, 0.25) is 0 Å². The fraction of sp³-hybridized carbons (Fsp3) is 1.00. The van der Waals surface area contributed by atoms with Gasteiger partial charge < -0.3 is 0 Å². The van der Waals surface area contributed by atoms with Gasteiger partial charge in [0.15, 0.2) is 0 Å². The molecule has 2 aliphatic carbocycles. The summed E-state index contributed by atoms with van der Waals surface area (Å²) in [5.74, 6) is 6.31. The van der Waals surface area contributed by atoms with Gasteiger partial charge in [0, 0.05) is 0 Å². The van der Waals surface area contributed by atoms with Crippen LogP contribution in [0.4, 0.5) is 0 Å². The molecule has 0 radical (unpaired) electrons. The molecule has 0 N–H and O–H groups in total. The van der Waals surface area contributed by atoms with Crippen LogP contribution in [-0.2, 0) is 0 Å². The van der Waals surface area contributed by atoms with Crippen molar-refractivity contribution in [2.24, 2.45) is 52.3 Å². The maximum absolute atomic E-state index is 2.59. The highest BCUT2D eigenvalue weighted by Gasteiger charge is 2.60. The van der Waals surface area contributed by atoms with Crippen LogP contribution in [0.2, 0.25) is 0 Å². The molecule has 7 atom stereocenters. The molecule has 0 aliphatic heterocycles. The Labute approximate surface area is 147 Å². The molecular weight excluding hydrogens is 276 g/mol. The Morgan fingerprint density at radius 2 is 1.65 bits per heavy atom. The van der Waals surface area contributed by atoms with E-state index in [2.05, 4.69) is 62.3 Å². The van der Waals surface area contributed by atoms with Gasteiger partial charge >= 0.3 is 0 Å². The Morgan fingerprint density at radius 3 is 2.09 bits per heavy atom. The minimum atomic E-state index is 0.556. The molecule has 0 bridgehead atoms. The van der Waals surface area contributed by atoms with Crippen molar-refractivity contribution in [2.45, 2.75) is 94.4 Å². The van der Waals surface area contributed by atoms with Gasteiger partial charge in [0.25, 0.3) is 0 Å². The fourth-order valence-corrected chi connectivity index (χ4v) is 6.42. The minimum absolute atomic E-state index is 0.556.